The van der Waals surface area contributed by atoms with Gasteiger partial charge in [-0.25, -0.2) is 0 Å². The Morgan fingerprint density at radius 2 is 2.12 bits per heavy atom. The number of nitrogens with zero attached hydrogens (tertiary/aromatic N) is 1. The molecular weight excluding hydrogens is 218 g/mol. The first-order valence-electron chi connectivity index (χ1n) is 5.11. The molecule has 0 aliphatic heterocycles. The standard InChI is InChI=1S/C13H13NOS/c1-2-12(15)8-11-9-13(16-14-11)10-6-4-3-5-7-10/h2-7,9,12,15H,1,8H2. The lowest BCUT2D eigenvalue weighted by atomic mass is 10.1. The molecule has 1 aromatic carbocycles. The smallest absolute Gasteiger partial charge is 0.0774 e. The van der Waals surface area contributed by atoms with Crippen molar-refractivity contribution in [3.63, 3.8) is 0 Å². The highest BCUT2D eigenvalue weighted by atomic mass is 32.1. The summed E-state index contributed by atoms with van der Waals surface area (Å²) in [6, 6.07) is 12.1. The lowest BCUT2D eigenvalue weighted by molar-refractivity contribution is 0.223. The Morgan fingerprint density at radius 1 is 1.38 bits per heavy atom. The molecule has 2 rings (SSSR count). The van der Waals surface area contributed by atoms with Crippen LogP contribution in [-0.2, 0) is 6.42 Å². The summed E-state index contributed by atoms with van der Waals surface area (Å²) in [7, 11) is 0. The summed E-state index contributed by atoms with van der Waals surface area (Å²) in [5, 5.41) is 9.44. The molecule has 1 heterocycles. The molecule has 2 nitrogen and oxygen atoms in total. The van der Waals surface area contributed by atoms with Crippen LogP contribution in [-0.4, -0.2) is 15.6 Å². The highest BCUT2D eigenvalue weighted by Gasteiger charge is 2.07. The predicted molar refractivity (Wildman–Crippen MR) is 67.5 cm³/mol. The Labute approximate surface area is 99.1 Å². The van der Waals surface area contributed by atoms with E-state index in [0.717, 1.165) is 10.6 Å². The van der Waals surface area contributed by atoms with Crippen LogP contribution in [0.4, 0.5) is 0 Å². The number of hydrogen-bond donors (Lipinski definition) is 1. The van der Waals surface area contributed by atoms with Crippen LogP contribution < -0.4 is 0 Å². The zero-order valence-electron chi connectivity index (χ0n) is 8.84. The highest BCUT2D eigenvalue weighted by molar-refractivity contribution is 7.09. The molecule has 0 saturated carbocycles. The lowest BCUT2D eigenvalue weighted by Gasteiger charge is -1.99. The van der Waals surface area contributed by atoms with Crippen molar-refractivity contribution < 1.29 is 5.11 Å². The van der Waals surface area contributed by atoms with Crippen LogP contribution in [0.3, 0.4) is 0 Å². The molecule has 2 aromatic rings. The molecule has 1 aromatic heterocycles. The first-order valence-corrected chi connectivity index (χ1v) is 5.88. The topological polar surface area (TPSA) is 33.1 Å². The van der Waals surface area contributed by atoms with Gasteiger partial charge in [-0.3, -0.25) is 0 Å². The predicted octanol–water partition coefficient (Wildman–Crippen LogP) is 2.90. The average Bonchev–Trinajstić information content (AvgIpc) is 2.78. The van der Waals surface area contributed by atoms with Crippen molar-refractivity contribution in [2.24, 2.45) is 0 Å². The van der Waals surface area contributed by atoms with Crippen LogP contribution in [0.5, 0.6) is 0 Å². The van der Waals surface area contributed by atoms with Gasteiger partial charge in [0.25, 0.3) is 0 Å². The Balaban J connectivity index is 2.17. The van der Waals surface area contributed by atoms with Crippen molar-refractivity contribution in [1.82, 2.24) is 4.37 Å². The van der Waals surface area contributed by atoms with Gasteiger partial charge in [0.1, 0.15) is 0 Å². The Kier molecular flexibility index (Phi) is 3.49. The maximum absolute atomic E-state index is 9.44. The fourth-order valence-electron chi connectivity index (χ4n) is 1.44. The molecule has 0 fully saturated rings. The minimum atomic E-state index is -0.509. The van der Waals surface area contributed by atoms with Crippen LogP contribution in [0.1, 0.15) is 5.69 Å². The van der Waals surface area contributed by atoms with E-state index in [1.807, 2.05) is 24.3 Å². The summed E-state index contributed by atoms with van der Waals surface area (Å²) in [5.41, 5.74) is 2.08. The third-order valence-electron chi connectivity index (χ3n) is 2.31. The van der Waals surface area contributed by atoms with Gasteiger partial charge in [0.2, 0.25) is 0 Å². The van der Waals surface area contributed by atoms with E-state index in [1.165, 1.54) is 23.2 Å². The minimum absolute atomic E-state index is 0.509. The van der Waals surface area contributed by atoms with E-state index in [4.69, 9.17) is 0 Å². The van der Waals surface area contributed by atoms with E-state index in [-0.39, 0.29) is 0 Å². The summed E-state index contributed by atoms with van der Waals surface area (Å²) < 4.78 is 4.31. The summed E-state index contributed by atoms with van der Waals surface area (Å²) in [5.74, 6) is 0. The molecule has 3 heteroatoms. The van der Waals surface area contributed by atoms with Gasteiger partial charge < -0.3 is 5.11 Å². The zero-order chi connectivity index (χ0) is 11.4. The van der Waals surface area contributed by atoms with Crippen LogP contribution in [0.2, 0.25) is 0 Å². The first kappa shape index (κ1) is 11.0. The number of aromatic nitrogens is 1. The maximum Gasteiger partial charge on any atom is 0.0774 e. The second-order valence-electron chi connectivity index (χ2n) is 3.56. The highest BCUT2D eigenvalue weighted by Crippen LogP contribution is 2.24. The third kappa shape index (κ3) is 2.56. The summed E-state index contributed by atoms with van der Waals surface area (Å²) in [4.78, 5) is 1.13. The summed E-state index contributed by atoms with van der Waals surface area (Å²) >= 11 is 1.46. The van der Waals surface area contributed by atoms with Crippen LogP contribution in [0, 0.1) is 0 Å². The van der Waals surface area contributed by atoms with Gasteiger partial charge in [0, 0.05) is 6.42 Å². The van der Waals surface area contributed by atoms with E-state index in [2.05, 4.69) is 23.1 Å². The lowest BCUT2D eigenvalue weighted by Crippen LogP contribution is -2.05. The Hall–Kier alpha value is -1.45. The number of rotatable bonds is 4. The molecule has 1 N–H and O–H groups in total. The second kappa shape index (κ2) is 5.05. The number of aliphatic hydroxyl groups excluding tert-OH is 1. The molecule has 0 amide bonds. The normalized spacial score (nSPS) is 12.3. The van der Waals surface area contributed by atoms with E-state index < -0.39 is 6.10 Å². The monoisotopic (exact) mass is 231 g/mol. The molecule has 1 unspecified atom stereocenters. The largest absolute Gasteiger partial charge is 0.389 e. The molecule has 0 aliphatic carbocycles. The van der Waals surface area contributed by atoms with Crippen molar-refractivity contribution in [2.75, 3.05) is 0 Å². The van der Waals surface area contributed by atoms with Crippen molar-refractivity contribution in [3.05, 3.63) is 54.7 Å². The van der Waals surface area contributed by atoms with E-state index in [1.54, 1.807) is 0 Å². The fourth-order valence-corrected chi connectivity index (χ4v) is 2.22. The minimum Gasteiger partial charge on any atom is -0.389 e. The zero-order valence-corrected chi connectivity index (χ0v) is 9.65. The molecule has 16 heavy (non-hydrogen) atoms. The van der Waals surface area contributed by atoms with Gasteiger partial charge in [-0.2, -0.15) is 4.37 Å². The van der Waals surface area contributed by atoms with E-state index in [0.29, 0.717) is 6.42 Å². The first-order chi connectivity index (χ1) is 7.79. The Morgan fingerprint density at radius 3 is 2.81 bits per heavy atom. The molecule has 0 aliphatic rings. The van der Waals surface area contributed by atoms with E-state index in [9.17, 15) is 5.11 Å². The number of aliphatic hydroxyl groups is 1. The molecule has 82 valence electrons. The molecule has 0 radical (unpaired) electrons. The van der Waals surface area contributed by atoms with Gasteiger partial charge in [-0.05, 0) is 23.2 Å². The quantitative estimate of drug-likeness (QED) is 0.821. The van der Waals surface area contributed by atoms with Gasteiger partial charge in [-0.1, -0.05) is 36.4 Å². The number of hydrogen-bond acceptors (Lipinski definition) is 3. The van der Waals surface area contributed by atoms with Crippen LogP contribution in [0.25, 0.3) is 10.4 Å². The van der Waals surface area contributed by atoms with Gasteiger partial charge in [0.15, 0.2) is 0 Å². The average molecular weight is 231 g/mol. The Bertz CT molecular complexity index is 464. The van der Waals surface area contributed by atoms with Crippen molar-refractivity contribution in [2.45, 2.75) is 12.5 Å². The summed E-state index contributed by atoms with van der Waals surface area (Å²) in [6.45, 7) is 3.55. The van der Waals surface area contributed by atoms with Crippen LogP contribution in [0.15, 0.2) is 49.1 Å². The van der Waals surface area contributed by atoms with Gasteiger partial charge in [0.05, 0.1) is 16.7 Å². The molecule has 1 atom stereocenters. The molecular formula is C13H13NOS. The SMILES string of the molecule is C=CC(O)Cc1cc(-c2ccccc2)sn1. The number of benzene rings is 1. The molecule has 0 bridgehead atoms. The summed E-state index contributed by atoms with van der Waals surface area (Å²) in [6.07, 6.45) is 1.56. The van der Waals surface area contributed by atoms with Gasteiger partial charge >= 0.3 is 0 Å². The van der Waals surface area contributed by atoms with E-state index >= 15 is 0 Å². The molecule has 0 saturated heterocycles. The second-order valence-corrected chi connectivity index (χ2v) is 4.36. The van der Waals surface area contributed by atoms with Crippen molar-refractivity contribution in [3.8, 4) is 10.4 Å². The van der Waals surface area contributed by atoms with Crippen molar-refractivity contribution in [1.29, 1.82) is 0 Å². The third-order valence-corrected chi connectivity index (χ3v) is 3.18. The fraction of sp³-hybridized carbons (Fsp3) is 0.154. The maximum atomic E-state index is 9.44. The van der Waals surface area contributed by atoms with Crippen LogP contribution >= 0.6 is 11.5 Å². The van der Waals surface area contributed by atoms with Gasteiger partial charge in [-0.15, -0.1) is 6.58 Å². The van der Waals surface area contributed by atoms with Crippen molar-refractivity contribution >= 4 is 11.5 Å². The molecule has 0 spiro atoms.